The van der Waals surface area contributed by atoms with E-state index in [2.05, 4.69) is 10.6 Å². The maximum absolute atomic E-state index is 11.6. The molecule has 5 heteroatoms. The van der Waals surface area contributed by atoms with Gasteiger partial charge in [-0.3, -0.25) is 0 Å². The van der Waals surface area contributed by atoms with Gasteiger partial charge in [0.05, 0.1) is 6.61 Å². The first kappa shape index (κ1) is 15.3. The zero-order valence-electron chi connectivity index (χ0n) is 11.3. The standard InChI is InChI=1S/C14H22N2O3/c1-2-19-13-8-6-12(7-9-13)16-14(18)15-10-4-3-5-11-17/h6-9,17H,2-5,10-11H2,1H3,(H2,15,16,18). The number of hydrogen-bond acceptors (Lipinski definition) is 3. The first-order chi connectivity index (χ1) is 9.26. The second-order valence-electron chi connectivity index (χ2n) is 4.12. The summed E-state index contributed by atoms with van der Waals surface area (Å²) >= 11 is 0. The van der Waals surface area contributed by atoms with Crippen molar-refractivity contribution in [1.82, 2.24) is 5.32 Å². The Balaban J connectivity index is 2.24. The van der Waals surface area contributed by atoms with Crippen molar-refractivity contribution in [2.75, 3.05) is 25.1 Å². The van der Waals surface area contributed by atoms with Crippen LogP contribution in [-0.2, 0) is 0 Å². The third-order valence-corrected chi connectivity index (χ3v) is 2.54. The number of carbonyl (C=O) groups is 1. The minimum absolute atomic E-state index is 0.207. The summed E-state index contributed by atoms with van der Waals surface area (Å²) in [7, 11) is 0. The van der Waals surface area contributed by atoms with Crippen molar-refractivity contribution < 1.29 is 14.6 Å². The van der Waals surface area contributed by atoms with Gasteiger partial charge in [0, 0.05) is 18.8 Å². The van der Waals surface area contributed by atoms with Crippen LogP contribution in [0.15, 0.2) is 24.3 Å². The Morgan fingerprint density at radius 2 is 1.95 bits per heavy atom. The summed E-state index contributed by atoms with van der Waals surface area (Å²) in [6, 6.07) is 7.03. The molecule has 2 amide bonds. The van der Waals surface area contributed by atoms with Gasteiger partial charge >= 0.3 is 6.03 Å². The van der Waals surface area contributed by atoms with E-state index in [1.54, 1.807) is 12.1 Å². The molecule has 0 radical (unpaired) electrons. The van der Waals surface area contributed by atoms with Gasteiger partial charge in [0.2, 0.25) is 0 Å². The van der Waals surface area contributed by atoms with Crippen LogP contribution >= 0.6 is 0 Å². The number of benzene rings is 1. The van der Waals surface area contributed by atoms with Crippen molar-refractivity contribution in [3.05, 3.63) is 24.3 Å². The van der Waals surface area contributed by atoms with Crippen LogP contribution in [0.25, 0.3) is 0 Å². The highest BCUT2D eigenvalue weighted by Crippen LogP contribution is 2.15. The Kier molecular flexibility index (Phi) is 7.43. The number of carbonyl (C=O) groups excluding carboxylic acids is 1. The summed E-state index contributed by atoms with van der Waals surface area (Å²) in [6.07, 6.45) is 2.57. The predicted molar refractivity (Wildman–Crippen MR) is 75.6 cm³/mol. The molecule has 0 saturated heterocycles. The van der Waals surface area contributed by atoms with Crippen LogP contribution in [0.4, 0.5) is 10.5 Å². The molecule has 0 aliphatic carbocycles. The van der Waals surface area contributed by atoms with Crippen LogP contribution in [0.1, 0.15) is 26.2 Å². The van der Waals surface area contributed by atoms with E-state index in [4.69, 9.17) is 9.84 Å². The molecule has 0 aliphatic heterocycles. The minimum atomic E-state index is -0.215. The lowest BCUT2D eigenvalue weighted by Crippen LogP contribution is -2.29. The highest BCUT2D eigenvalue weighted by molar-refractivity contribution is 5.89. The number of nitrogens with one attached hydrogen (secondary N) is 2. The summed E-state index contributed by atoms with van der Waals surface area (Å²) in [6.45, 7) is 3.37. The lowest BCUT2D eigenvalue weighted by atomic mass is 10.2. The molecule has 3 N–H and O–H groups in total. The van der Waals surface area contributed by atoms with Gasteiger partial charge in [0.1, 0.15) is 5.75 Å². The van der Waals surface area contributed by atoms with Gasteiger partial charge in [-0.1, -0.05) is 0 Å². The monoisotopic (exact) mass is 266 g/mol. The molecule has 106 valence electrons. The molecule has 0 fully saturated rings. The van der Waals surface area contributed by atoms with Crippen LogP contribution in [0.2, 0.25) is 0 Å². The van der Waals surface area contributed by atoms with Crippen LogP contribution in [-0.4, -0.2) is 30.9 Å². The summed E-state index contributed by atoms with van der Waals surface area (Å²) in [5, 5.41) is 14.1. The Morgan fingerprint density at radius 1 is 1.21 bits per heavy atom. The van der Waals surface area contributed by atoms with E-state index in [-0.39, 0.29) is 12.6 Å². The summed E-state index contributed by atoms with van der Waals surface area (Å²) in [5.74, 6) is 0.789. The van der Waals surface area contributed by atoms with Crippen molar-refractivity contribution in [1.29, 1.82) is 0 Å². The second kappa shape index (κ2) is 9.22. The van der Waals surface area contributed by atoms with E-state index in [1.165, 1.54) is 0 Å². The molecule has 1 rings (SSSR count). The molecule has 0 aromatic heterocycles. The van der Waals surface area contributed by atoms with Crippen molar-refractivity contribution >= 4 is 11.7 Å². The minimum Gasteiger partial charge on any atom is -0.494 e. The van der Waals surface area contributed by atoms with Crippen LogP contribution in [0.5, 0.6) is 5.75 Å². The smallest absolute Gasteiger partial charge is 0.319 e. The number of urea groups is 1. The number of aliphatic hydroxyl groups is 1. The number of ether oxygens (including phenoxy) is 1. The van der Waals surface area contributed by atoms with E-state index in [0.29, 0.717) is 13.2 Å². The SMILES string of the molecule is CCOc1ccc(NC(=O)NCCCCCO)cc1. The molecule has 19 heavy (non-hydrogen) atoms. The molecule has 1 aromatic rings. The molecule has 0 saturated carbocycles. The van der Waals surface area contributed by atoms with Crippen molar-refractivity contribution in [2.45, 2.75) is 26.2 Å². The van der Waals surface area contributed by atoms with Gasteiger partial charge < -0.3 is 20.5 Å². The van der Waals surface area contributed by atoms with Gasteiger partial charge in [-0.05, 0) is 50.5 Å². The number of amides is 2. The number of aliphatic hydroxyl groups excluding tert-OH is 1. The van der Waals surface area contributed by atoms with Crippen LogP contribution in [0, 0.1) is 0 Å². The number of unbranched alkanes of at least 4 members (excludes halogenated alkanes) is 2. The first-order valence-corrected chi connectivity index (χ1v) is 6.65. The number of hydrogen-bond donors (Lipinski definition) is 3. The molecule has 0 bridgehead atoms. The van der Waals surface area contributed by atoms with E-state index >= 15 is 0 Å². The average Bonchev–Trinajstić information content (AvgIpc) is 2.41. The number of rotatable bonds is 8. The third-order valence-electron chi connectivity index (χ3n) is 2.54. The largest absolute Gasteiger partial charge is 0.494 e. The normalized spacial score (nSPS) is 10.0. The average molecular weight is 266 g/mol. The fourth-order valence-electron chi connectivity index (χ4n) is 1.59. The molecule has 0 heterocycles. The Hall–Kier alpha value is -1.75. The maximum Gasteiger partial charge on any atom is 0.319 e. The molecule has 0 spiro atoms. The zero-order valence-corrected chi connectivity index (χ0v) is 11.3. The molecule has 0 aliphatic rings. The van der Waals surface area contributed by atoms with E-state index in [1.807, 2.05) is 19.1 Å². The van der Waals surface area contributed by atoms with Crippen molar-refractivity contribution in [3.63, 3.8) is 0 Å². The molecular formula is C14H22N2O3. The van der Waals surface area contributed by atoms with Crippen molar-refractivity contribution in [3.8, 4) is 5.75 Å². The lowest BCUT2D eigenvalue weighted by molar-refractivity contribution is 0.251. The van der Waals surface area contributed by atoms with E-state index in [0.717, 1.165) is 30.7 Å². The van der Waals surface area contributed by atoms with Gasteiger partial charge in [-0.25, -0.2) is 4.79 Å². The molecule has 1 aromatic carbocycles. The third kappa shape index (κ3) is 6.67. The first-order valence-electron chi connectivity index (χ1n) is 6.65. The van der Waals surface area contributed by atoms with Gasteiger partial charge in [0.15, 0.2) is 0 Å². The van der Waals surface area contributed by atoms with Gasteiger partial charge in [-0.15, -0.1) is 0 Å². The highest BCUT2D eigenvalue weighted by atomic mass is 16.5. The summed E-state index contributed by atoms with van der Waals surface area (Å²) in [5.41, 5.74) is 0.733. The zero-order chi connectivity index (χ0) is 13.9. The van der Waals surface area contributed by atoms with Crippen molar-refractivity contribution in [2.24, 2.45) is 0 Å². The van der Waals surface area contributed by atoms with Crippen LogP contribution in [0.3, 0.4) is 0 Å². The topological polar surface area (TPSA) is 70.6 Å². The quantitative estimate of drug-likeness (QED) is 0.633. The molecule has 0 atom stereocenters. The second-order valence-corrected chi connectivity index (χ2v) is 4.12. The molecular weight excluding hydrogens is 244 g/mol. The Bertz CT molecular complexity index is 365. The Morgan fingerprint density at radius 3 is 2.58 bits per heavy atom. The fraction of sp³-hybridized carbons (Fsp3) is 0.500. The fourth-order valence-corrected chi connectivity index (χ4v) is 1.59. The molecule has 5 nitrogen and oxygen atoms in total. The Labute approximate surface area is 114 Å². The van der Waals surface area contributed by atoms with Gasteiger partial charge in [-0.2, -0.15) is 0 Å². The highest BCUT2D eigenvalue weighted by Gasteiger charge is 2.01. The van der Waals surface area contributed by atoms with Crippen LogP contribution < -0.4 is 15.4 Å². The van der Waals surface area contributed by atoms with E-state index < -0.39 is 0 Å². The summed E-state index contributed by atoms with van der Waals surface area (Å²) in [4.78, 5) is 11.6. The number of anilines is 1. The maximum atomic E-state index is 11.6. The predicted octanol–water partition coefficient (Wildman–Crippen LogP) is 2.37. The lowest BCUT2D eigenvalue weighted by Gasteiger charge is -2.08. The van der Waals surface area contributed by atoms with Gasteiger partial charge in [0.25, 0.3) is 0 Å². The molecule has 0 unspecified atom stereocenters. The van der Waals surface area contributed by atoms with E-state index in [9.17, 15) is 4.79 Å². The summed E-state index contributed by atoms with van der Waals surface area (Å²) < 4.78 is 5.32.